The molecule has 0 aromatic carbocycles. The summed E-state index contributed by atoms with van der Waals surface area (Å²) in [6.45, 7) is 8.61. The third-order valence-corrected chi connectivity index (χ3v) is 4.84. The fraction of sp³-hybridized carbons (Fsp3) is 0.857. The van der Waals surface area contributed by atoms with E-state index < -0.39 is 29.2 Å². The lowest BCUT2D eigenvalue weighted by atomic mass is 9.98. The molecule has 1 aliphatic rings. The van der Waals surface area contributed by atoms with Gasteiger partial charge in [0.15, 0.2) is 6.29 Å². The van der Waals surface area contributed by atoms with Crippen molar-refractivity contribution in [3.8, 4) is 0 Å². The molecule has 0 bridgehead atoms. The first-order valence-corrected chi connectivity index (χ1v) is 10.6. The van der Waals surface area contributed by atoms with Crippen LogP contribution in [0.25, 0.3) is 0 Å². The lowest BCUT2D eigenvalue weighted by Gasteiger charge is -2.38. The summed E-state index contributed by atoms with van der Waals surface area (Å²) in [5.74, 6) is -0.812. The van der Waals surface area contributed by atoms with Gasteiger partial charge in [0.25, 0.3) is 0 Å². The minimum atomic E-state index is -1.22. The average molecular weight is 446 g/mol. The van der Waals surface area contributed by atoms with Crippen molar-refractivity contribution in [2.45, 2.75) is 77.4 Å². The van der Waals surface area contributed by atoms with Gasteiger partial charge in [0.1, 0.15) is 12.1 Å². The van der Waals surface area contributed by atoms with Crippen LogP contribution in [0.5, 0.6) is 0 Å². The third kappa shape index (κ3) is 10.3. The van der Waals surface area contributed by atoms with E-state index in [0.29, 0.717) is 6.61 Å². The molecule has 3 amide bonds. The average Bonchev–Trinajstić information content (AvgIpc) is 2.64. The van der Waals surface area contributed by atoms with Crippen molar-refractivity contribution in [2.75, 3.05) is 40.4 Å². The topological polar surface area (TPSA) is 118 Å². The Hall–Kier alpha value is -1.91. The van der Waals surface area contributed by atoms with Crippen LogP contribution in [0.3, 0.4) is 0 Å². The van der Waals surface area contributed by atoms with Gasteiger partial charge in [-0.25, -0.2) is 4.79 Å². The largest absolute Gasteiger partial charge is 0.444 e. The highest BCUT2D eigenvalue weighted by Gasteiger charge is 2.35. The summed E-state index contributed by atoms with van der Waals surface area (Å²) >= 11 is 0. The predicted octanol–water partition coefficient (Wildman–Crippen LogP) is 1.11. The number of nitrogens with one attached hydrogen (secondary N) is 1. The maximum atomic E-state index is 12.7. The second-order valence-corrected chi connectivity index (χ2v) is 9.41. The van der Waals surface area contributed by atoms with Crippen LogP contribution in [0.4, 0.5) is 4.79 Å². The van der Waals surface area contributed by atoms with E-state index in [4.69, 9.17) is 14.2 Å². The number of hydrogen-bond donors (Lipinski definition) is 2. The summed E-state index contributed by atoms with van der Waals surface area (Å²) in [5, 5.41) is 12.9. The van der Waals surface area contributed by atoms with Gasteiger partial charge in [-0.05, 0) is 53.9 Å². The molecular formula is C21H39N3O7. The fourth-order valence-electron chi connectivity index (χ4n) is 3.00. The second-order valence-electron chi connectivity index (χ2n) is 9.41. The minimum Gasteiger partial charge on any atom is -0.444 e. The first kappa shape index (κ1) is 27.1. The van der Waals surface area contributed by atoms with Crippen LogP contribution in [0.1, 0.15) is 53.9 Å². The molecule has 1 rings (SSSR count). The van der Waals surface area contributed by atoms with Gasteiger partial charge in [-0.1, -0.05) is 0 Å². The molecule has 31 heavy (non-hydrogen) atoms. The van der Waals surface area contributed by atoms with Crippen LogP contribution in [-0.2, 0) is 23.8 Å². The van der Waals surface area contributed by atoms with E-state index in [-0.39, 0.29) is 31.9 Å². The molecule has 1 fully saturated rings. The maximum absolute atomic E-state index is 12.7. The van der Waals surface area contributed by atoms with Gasteiger partial charge in [-0.15, -0.1) is 0 Å². The number of likely N-dealkylation sites (N-methyl/N-ethyl adjacent to an activating group) is 2. The molecule has 1 saturated heterocycles. The van der Waals surface area contributed by atoms with E-state index in [1.54, 1.807) is 41.7 Å². The summed E-state index contributed by atoms with van der Waals surface area (Å²) in [5.41, 5.74) is -1.89. The van der Waals surface area contributed by atoms with Crippen molar-refractivity contribution in [3.05, 3.63) is 0 Å². The van der Waals surface area contributed by atoms with Crippen molar-refractivity contribution < 1.29 is 33.7 Å². The monoisotopic (exact) mass is 445 g/mol. The van der Waals surface area contributed by atoms with Gasteiger partial charge in [0.05, 0.1) is 24.8 Å². The van der Waals surface area contributed by atoms with Gasteiger partial charge < -0.3 is 34.4 Å². The van der Waals surface area contributed by atoms with E-state index in [0.717, 1.165) is 19.3 Å². The van der Waals surface area contributed by atoms with E-state index in [1.165, 1.54) is 16.8 Å². The van der Waals surface area contributed by atoms with E-state index in [2.05, 4.69) is 5.32 Å². The first-order valence-electron chi connectivity index (χ1n) is 10.6. The van der Waals surface area contributed by atoms with Crippen LogP contribution in [0, 0.1) is 0 Å². The van der Waals surface area contributed by atoms with Crippen LogP contribution in [0.2, 0.25) is 0 Å². The molecule has 0 radical (unpaired) electrons. The zero-order valence-corrected chi connectivity index (χ0v) is 19.9. The molecule has 2 atom stereocenters. The molecule has 0 aromatic heterocycles. The lowest BCUT2D eigenvalue weighted by Crippen LogP contribution is -2.55. The van der Waals surface area contributed by atoms with Crippen molar-refractivity contribution in [3.63, 3.8) is 0 Å². The number of carbonyl (C=O) groups excluding carboxylic acids is 3. The highest BCUT2D eigenvalue weighted by atomic mass is 16.7. The van der Waals surface area contributed by atoms with Crippen molar-refractivity contribution >= 4 is 17.9 Å². The first-order chi connectivity index (χ1) is 14.2. The van der Waals surface area contributed by atoms with Crippen molar-refractivity contribution in [2.24, 2.45) is 0 Å². The maximum Gasteiger partial charge on any atom is 0.408 e. The molecule has 1 aliphatic heterocycles. The Kier molecular flexibility index (Phi) is 10.2. The number of amides is 3. The standard InChI is InChI=1S/C21H39N3O7/c1-20(2,3)31-19(27)22-12-16(25)23(6)13-17(26)24(7)15(21(4,5)28)14-30-18-10-8-9-11-29-18/h15,18,28H,8-14H2,1-7H3,(H,22,27)/t15-,18?/m1/s1. The molecule has 0 saturated carbocycles. The zero-order chi connectivity index (χ0) is 23.8. The Bertz CT molecular complexity index is 607. The zero-order valence-electron chi connectivity index (χ0n) is 19.9. The number of alkyl carbamates (subject to hydrolysis) is 1. The highest BCUT2D eigenvalue weighted by Crippen LogP contribution is 2.19. The van der Waals surface area contributed by atoms with Gasteiger partial charge in [0.2, 0.25) is 11.8 Å². The van der Waals surface area contributed by atoms with Crippen LogP contribution in [0.15, 0.2) is 0 Å². The minimum absolute atomic E-state index is 0.105. The molecule has 1 heterocycles. The number of nitrogens with zero attached hydrogens (tertiary/aromatic N) is 2. The molecule has 10 heteroatoms. The lowest BCUT2D eigenvalue weighted by molar-refractivity contribution is -0.184. The molecule has 0 spiro atoms. The Morgan fingerprint density at radius 2 is 1.77 bits per heavy atom. The Balaban J connectivity index is 2.58. The summed E-state index contributed by atoms with van der Waals surface area (Å²) in [4.78, 5) is 39.3. The number of carbonyl (C=O) groups is 3. The summed E-state index contributed by atoms with van der Waals surface area (Å²) in [6.07, 6.45) is 1.73. The summed E-state index contributed by atoms with van der Waals surface area (Å²) in [6, 6.07) is -0.631. The molecule has 0 aliphatic carbocycles. The molecule has 10 nitrogen and oxygen atoms in total. The predicted molar refractivity (Wildman–Crippen MR) is 114 cm³/mol. The van der Waals surface area contributed by atoms with Crippen molar-refractivity contribution in [1.82, 2.24) is 15.1 Å². The van der Waals surface area contributed by atoms with Crippen LogP contribution < -0.4 is 5.32 Å². The van der Waals surface area contributed by atoms with Crippen LogP contribution in [-0.4, -0.2) is 96.7 Å². The summed E-state index contributed by atoms with van der Waals surface area (Å²) < 4.78 is 16.4. The van der Waals surface area contributed by atoms with E-state index in [9.17, 15) is 19.5 Å². The van der Waals surface area contributed by atoms with E-state index >= 15 is 0 Å². The van der Waals surface area contributed by atoms with Crippen LogP contribution >= 0.6 is 0 Å². The van der Waals surface area contributed by atoms with E-state index in [1.807, 2.05) is 0 Å². The number of ether oxygens (including phenoxy) is 3. The molecule has 2 N–H and O–H groups in total. The molecule has 0 aromatic rings. The van der Waals surface area contributed by atoms with Gasteiger partial charge in [-0.2, -0.15) is 0 Å². The quantitative estimate of drug-likeness (QED) is 0.546. The van der Waals surface area contributed by atoms with Gasteiger partial charge in [0, 0.05) is 20.7 Å². The number of rotatable bonds is 9. The van der Waals surface area contributed by atoms with Gasteiger partial charge >= 0.3 is 6.09 Å². The third-order valence-electron chi connectivity index (χ3n) is 4.84. The summed E-state index contributed by atoms with van der Waals surface area (Å²) in [7, 11) is 3.03. The molecule has 1 unspecified atom stereocenters. The Morgan fingerprint density at radius 1 is 1.13 bits per heavy atom. The SMILES string of the molecule is CN(CC(=O)N(C)[C@H](COC1CCCCO1)C(C)(C)O)C(=O)CNC(=O)OC(C)(C)C. The highest BCUT2D eigenvalue weighted by molar-refractivity contribution is 5.87. The smallest absolute Gasteiger partial charge is 0.408 e. The number of hydrogen-bond acceptors (Lipinski definition) is 7. The second kappa shape index (κ2) is 11.6. The molecule has 180 valence electrons. The normalized spacial score (nSPS) is 18.1. The van der Waals surface area contributed by atoms with Gasteiger partial charge in [-0.3, -0.25) is 9.59 Å². The number of aliphatic hydroxyl groups is 1. The fourth-order valence-corrected chi connectivity index (χ4v) is 3.00. The Morgan fingerprint density at radius 3 is 2.29 bits per heavy atom. The van der Waals surface area contributed by atoms with Crippen molar-refractivity contribution in [1.29, 1.82) is 0 Å². The Labute approximate surface area is 185 Å². The molecular weight excluding hydrogens is 406 g/mol.